The second-order valence-corrected chi connectivity index (χ2v) is 3.90. The van der Waals surface area contributed by atoms with Crippen LogP contribution in [0.15, 0.2) is 23.4 Å². The smallest absolute Gasteiger partial charge is 0.316 e. The first-order valence-corrected chi connectivity index (χ1v) is 4.77. The number of aliphatic carboxylic acids is 1. The third-order valence-electron chi connectivity index (χ3n) is 1.53. The number of rotatable bonds is 3. The highest BCUT2D eigenvalue weighted by atomic mass is 32.2. The van der Waals surface area contributed by atoms with Crippen molar-refractivity contribution in [3.8, 4) is 6.07 Å². The van der Waals surface area contributed by atoms with Gasteiger partial charge in [0.1, 0.15) is 16.3 Å². The molecule has 0 fully saturated rings. The summed E-state index contributed by atoms with van der Waals surface area (Å²) in [5.74, 6) is -0.912. The summed E-state index contributed by atoms with van der Waals surface area (Å²) in [7, 11) is 0. The van der Waals surface area contributed by atoms with E-state index in [-0.39, 0.29) is 0 Å². The van der Waals surface area contributed by atoms with Gasteiger partial charge in [0.05, 0.1) is 5.56 Å². The maximum absolute atomic E-state index is 10.6. The van der Waals surface area contributed by atoms with E-state index in [1.54, 1.807) is 19.1 Å². The normalized spacial score (nSPS) is 11.7. The first-order chi connectivity index (χ1) is 6.65. The first kappa shape index (κ1) is 10.5. The number of carboxylic acids is 1. The van der Waals surface area contributed by atoms with Crippen molar-refractivity contribution in [3.63, 3.8) is 0 Å². The van der Waals surface area contributed by atoms with Crippen molar-refractivity contribution < 1.29 is 9.90 Å². The minimum absolute atomic E-state index is 0.408. The van der Waals surface area contributed by atoms with Gasteiger partial charge in [-0.3, -0.25) is 4.79 Å². The molecule has 0 aliphatic heterocycles. The third-order valence-corrected chi connectivity index (χ3v) is 2.63. The Morgan fingerprint density at radius 3 is 3.07 bits per heavy atom. The zero-order valence-corrected chi connectivity index (χ0v) is 8.28. The maximum atomic E-state index is 10.6. The van der Waals surface area contributed by atoms with Crippen molar-refractivity contribution >= 4 is 17.7 Å². The Hall–Kier alpha value is -1.54. The van der Waals surface area contributed by atoms with Crippen LogP contribution >= 0.6 is 11.8 Å². The van der Waals surface area contributed by atoms with Gasteiger partial charge < -0.3 is 5.11 Å². The summed E-state index contributed by atoms with van der Waals surface area (Å²) in [4.78, 5) is 14.5. The zero-order valence-electron chi connectivity index (χ0n) is 7.47. The number of pyridine rings is 1. The van der Waals surface area contributed by atoms with Gasteiger partial charge in [-0.1, -0.05) is 11.8 Å². The summed E-state index contributed by atoms with van der Waals surface area (Å²) < 4.78 is 0. The summed E-state index contributed by atoms with van der Waals surface area (Å²) in [5.41, 5.74) is 0.408. The molecule has 14 heavy (non-hydrogen) atoms. The largest absolute Gasteiger partial charge is 0.480 e. The van der Waals surface area contributed by atoms with E-state index in [2.05, 4.69) is 4.98 Å². The van der Waals surface area contributed by atoms with Crippen molar-refractivity contribution in [1.82, 2.24) is 4.98 Å². The van der Waals surface area contributed by atoms with Crippen LogP contribution in [0.25, 0.3) is 0 Å². The predicted octanol–water partition coefficient (Wildman–Crippen LogP) is 1.52. The second kappa shape index (κ2) is 4.63. The van der Waals surface area contributed by atoms with Crippen molar-refractivity contribution in [2.45, 2.75) is 17.2 Å². The highest BCUT2D eigenvalue weighted by Crippen LogP contribution is 2.23. The molecule has 0 saturated heterocycles. The highest BCUT2D eigenvalue weighted by molar-refractivity contribution is 8.00. The van der Waals surface area contributed by atoms with Crippen LogP contribution < -0.4 is 0 Å². The molecule has 1 heterocycles. The first-order valence-electron chi connectivity index (χ1n) is 3.89. The summed E-state index contributed by atoms with van der Waals surface area (Å²) >= 11 is 1.07. The molecule has 1 unspecified atom stereocenters. The number of thioether (sulfide) groups is 1. The SMILES string of the molecule is CC(Sc1ncccc1C#N)C(=O)O. The van der Waals surface area contributed by atoms with Crippen LogP contribution in [0, 0.1) is 11.3 Å². The minimum atomic E-state index is -0.912. The number of carboxylic acid groups (broad SMARTS) is 1. The molecule has 1 atom stereocenters. The lowest BCUT2D eigenvalue weighted by atomic mass is 10.3. The number of hydrogen-bond acceptors (Lipinski definition) is 4. The molecule has 72 valence electrons. The molecule has 0 aliphatic carbocycles. The fourth-order valence-corrected chi connectivity index (χ4v) is 1.59. The average molecular weight is 208 g/mol. The molecule has 1 aromatic heterocycles. The Kier molecular flexibility index (Phi) is 3.48. The van der Waals surface area contributed by atoms with E-state index in [1.165, 1.54) is 6.20 Å². The number of nitrogens with zero attached hydrogens (tertiary/aromatic N) is 2. The van der Waals surface area contributed by atoms with Gasteiger partial charge in [0.2, 0.25) is 0 Å². The topological polar surface area (TPSA) is 74.0 Å². The Morgan fingerprint density at radius 2 is 2.50 bits per heavy atom. The Morgan fingerprint density at radius 1 is 1.79 bits per heavy atom. The molecule has 1 aromatic rings. The van der Waals surface area contributed by atoms with Crippen LogP contribution in [0.2, 0.25) is 0 Å². The fourth-order valence-electron chi connectivity index (χ4n) is 0.788. The van der Waals surface area contributed by atoms with Gasteiger partial charge in [-0.15, -0.1) is 0 Å². The Bertz CT molecular complexity index is 387. The van der Waals surface area contributed by atoms with Gasteiger partial charge in [0.25, 0.3) is 0 Å². The predicted molar refractivity (Wildman–Crippen MR) is 51.9 cm³/mol. The van der Waals surface area contributed by atoms with E-state index >= 15 is 0 Å². The Labute approximate surface area is 85.6 Å². The van der Waals surface area contributed by atoms with E-state index in [1.807, 2.05) is 6.07 Å². The highest BCUT2D eigenvalue weighted by Gasteiger charge is 2.15. The van der Waals surface area contributed by atoms with Gasteiger partial charge in [0, 0.05) is 6.20 Å². The number of hydrogen-bond donors (Lipinski definition) is 1. The Balaban J connectivity index is 2.87. The fraction of sp³-hybridized carbons (Fsp3) is 0.222. The molecule has 0 amide bonds. The van der Waals surface area contributed by atoms with Crippen molar-refractivity contribution in [1.29, 1.82) is 5.26 Å². The second-order valence-electron chi connectivity index (χ2n) is 2.57. The van der Waals surface area contributed by atoms with Crippen LogP contribution in [-0.2, 0) is 4.79 Å². The molecule has 0 aliphatic rings. The molecular weight excluding hydrogens is 200 g/mol. The third kappa shape index (κ3) is 2.47. The lowest BCUT2D eigenvalue weighted by Gasteiger charge is -2.05. The van der Waals surface area contributed by atoms with E-state index in [0.717, 1.165) is 11.8 Å². The molecule has 0 spiro atoms. The van der Waals surface area contributed by atoms with Gasteiger partial charge in [0.15, 0.2) is 0 Å². The van der Waals surface area contributed by atoms with Crippen LogP contribution in [0.5, 0.6) is 0 Å². The molecular formula is C9H8N2O2S. The van der Waals surface area contributed by atoms with Gasteiger partial charge in [-0.25, -0.2) is 4.98 Å². The van der Waals surface area contributed by atoms with E-state index in [4.69, 9.17) is 10.4 Å². The average Bonchev–Trinajstić information content (AvgIpc) is 2.18. The van der Waals surface area contributed by atoms with Gasteiger partial charge in [-0.2, -0.15) is 5.26 Å². The molecule has 0 bridgehead atoms. The maximum Gasteiger partial charge on any atom is 0.316 e. The van der Waals surface area contributed by atoms with Crippen LogP contribution in [-0.4, -0.2) is 21.3 Å². The van der Waals surface area contributed by atoms with Crippen LogP contribution in [0.4, 0.5) is 0 Å². The number of nitriles is 1. The number of aromatic nitrogens is 1. The molecule has 5 heteroatoms. The standard InChI is InChI=1S/C9H8N2O2S/c1-6(9(12)13)14-8-7(5-10)3-2-4-11-8/h2-4,6H,1H3,(H,12,13). The molecule has 4 nitrogen and oxygen atoms in total. The summed E-state index contributed by atoms with van der Waals surface area (Å²) in [6, 6.07) is 5.23. The summed E-state index contributed by atoms with van der Waals surface area (Å²) in [6.45, 7) is 1.56. The van der Waals surface area contributed by atoms with Gasteiger partial charge >= 0.3 is 5.97 Å². The zero-order chi connectivity index (χ0) is 10.6. The molecule has 1 N–H and O–H groups in total. The summed E-state index contributed by atoms with van der Waals surface area (Å²) in [5, 5.41) is 17.3. The number of carbonyl (C=O) groups is 1. The lowest BCUT2D eigenvalue weighted by Crippen LogP contribution is -2.11. The molecule has 0 aromatic carbocycles. The lowest BCUT2D eigenvalue weighted by molar-refractivity contribution is -0.136. The quantitative estimate of drug-likeness (QED) is 0.762. The van der Waals surface area contributed by atoms with Crippen LogP contribution in [0.1, 0.15) is 12.5 Å². The van der Waals surface area contributed by atoms with Crippen molar-refractivity contribution in [3.05, 3.63) is 23.9 Å². The van der Waals surface area contributed by atoms with Crippen molar-refractivity contribution in [2.75, 3.05) is 0 Å². The molecule has 0 saturated carbocycles. The van der Waals surface area contributed by atoms with Crippen LogP contribution in [0.3, 0.4) is 0 Å². The minimum Gasteiger partial charge on any atom is -0.480 e. The van der Waals surface area contributed by atoms with E-state index < -0.39 is 11.2 Å². The molecule has 0 radical (unpaired) electrons. The monoisotopic (exact) mass is 208 g/mol. The van der Waals surface area contributed by atoms with Gasteiger partial charge in [-0.05, 0) is 19.1 Å². The van der Waals surface area contributed by atoms with Crippen molar-refractivity contribution in [2.24, 2.45) is 0 Å². The van der Waals surface area contributed by atoms with E-state index in [0.29, 0.717) is 10.6 Å². The summed E-state index contributed by atoms with van der Waals surface area (Å²) in [6.07, 6.45) is 1.54. The van der Waals surface area contributed by atoms with E-state index in [9.17, 15) is 4.79 Å². The molecule has 1 rings (SSSR count).